The molecule has 1 spiro atoms. The predicted octanol–water partition coefficient (Wildman–Crippen LogP) is 2.34. The Hall–Kier alpha value is -3.35. The van der Waals surface area contributed by atoms with Gasteiger partial charge >= 0.3 is 6.03 Å². The molecule has 0 radical (unpaired) electrons. The van der Waals surface area contributed by atoms with Crippen LogP contribution in [-0.4, -0.2) is 36.4 Å². The Morgan fingerprint density at radius 3 is 2.82 bits per heavy atom. The van der Waals surface area contributed by atoms with Crippen molar-refractivity contribution < 1.29 is 19.1 Å². The SMILES string of the molecule is COc1ccc(C)cc1NC(=O)CN1C(=O)NC2(CCc3ccccc32)C1=O. The van der Waals surface area contributed by atoms with Crippen LogP contribution in [0.3, 0.4) is 0 Å². The second kappa shape index (κ2) is 6.67. The lowest BCUT2D eigenvalue weighted by atomic mass is 9.92. The smallest absolute Gasteiger partial charge is 0.325 e. The average Bonchev–Trinajstić information content (AvgIpc) is 3.16. The van der Waals surface area contributed by atoms with Crippen LogP contribution in [0, 0.1) is 6.92 Å². The van der Waals surface area contributed by atoms with Gasteiger partial charge in [-0.15, -0.1) is 0 Å². The Morgan fingerprint density at radius 1 is 1.25 bits per heavy atom. The molecule has 1 aliphatic carbocycles. The van der Waals surface area contributed by atoms with Crippen molar-refractivity contribution >= 4 is 23.5 Å². The molecule has 28 heavy (non-hydrogen) atoms. The van der Waals surface area contributed by atoms with Gasteiger partial charge in [0.2, 0.25) is 5.91 Å². The van der Waals surface area contributed by atoms with E-state index >= 15 is 0 Å². The van der Waals surface area contributed by atoms with Gasteiger partial charge in [0, 0.05) is 0 Å². The van der Waals surface area contributed by atoms with E-state index in [1.807, 2.05) is 37.3 Å². The second-order valence-corrected chi connectivity index (χ2v) is 7.14. The first kappa shape index (κ1) is 18.0. The third kappa shape index (κ3) is 2.79. The summed E-state index contributed by atoms with van der Waals surface area (Å²) in [6.45, 7) is 1.54. The van der Waals surface area contributed by atoms with Crippen LogP contribution in [0.4, 0.5) is 10.5 Å². The van der Waals surface area contributed by atoms with E-state index in [1.165, 1.54) is 7.11 Å². The van der Waals surface area contributed by atoms with Crippen LogP contribution in [0.15, 0.2) is 42.5 Å². The highest BCUT2D eigenvalue weighted by Crippen LogP contribution is 2.41. The Morgan fingerprint density at radius 2 is 2.04 bits per heavy atom. The molecule has 0 aromatic heterocycles. The summed E-state index contributed by atoms with van der Waals surface area (Å²) in [6, 6.07) is 12.4. The number of benzene rings is 2. The van der Waals surface area contributed by atoms with Gasteiger partial charge in [-0.3, -0.25) is 14.5 Å². The average molecular weight is 379 g/mol. The first-order chi connectivity index (χ1) is 13.4. The number of nitrogens with zero attached hydrogens (tertiary/aromatic N) is 1. The van der Waals surface area contributed by atoms with Crippen molar-refractivity contribution in [3.8, 4) is 5.75 Å². The van der Waals surface area contributed by atoms with E-state index in [-0.39, 0.29) is 12.5 Å². The number of hydrogen-bond donors (Lipinski definition) is 2. The molecule has 0 saturated carbocycles. The summed E-state index contributed by atoms with van der Waals surface area (Å²) in [5.41, 5.74) is 2.26. The monoisotopic (exact) mass is 379 g/mol. The topological polar surface area (TPSA) is 87.7 Å². The molecule has 0 bridgehead atoms. The molecule has 1 fully saturated rings. The van der Waals surface area contributed by atoms with Crippen LogP contribution in [0.1, 0.15) is 23.1 Å². The molecular weight excluding hydrogens is 358 g/mol. The number of carbonyl (C=O) groups excluding carboxylic acids is 3. The minimum Gasteiger partial charge on any atom is -0.495 e. The highest BCUT2D eigenvalue weighted by molar-refractivity contribution is 6.11. The summed E-state index contributed by atoms with van der Waals surface area (Å²) in [5, 5.41) is 5.55. The Kier molecular flexibility index (Phi) is 4.30. The molecule has 2 aromatic rings. The number of nitrogens with one attached hydrogen (secondary N) is 2. The number of fused-ring (bicyclic) bond motifs is 2. The van der Waals surface area contributed by atoms with Crippen molar-refractivity contribution in [3.63, 3.8) is 0 Å². The Labute approximate surface area is 162 Å². The first-order valence-electron chi connectivity index (χ1n) is 9.11. The fourth-order valence-electron chi connectivity index (χ4n) is 3.99. The first-order valence-corrected chi connectivity index (χ1v) is 9.11. The van der Waals surface area contributed by atoms with Gasteiger partial charge in [0.05, 0.1) is 12.8 Å². The highest BCUT2D eigenvalue weighted by Gasteiger charge is 2.55. The van der Waals surface area contributed by atoms with Gasteiger partial charge in [-0.05, 0) is 48.6 Å². The van der Waals surface area contributed by atoms with E-state index in [0.29, 0.717) is 24.3 Å². The number of ether oxygens (including phenoxy) is 1. The quantitative estimate of drug-likeness (QED) is 0.798. The molecule has 1 aliphatic heterocycles. The molecule has 7 heteroatoms. The number of carbonyl (C=O) groups is 3. The lowest BCUT2D eigenvalue weighted by molar-refractivity contribution is -0.134. The van der Waals surface area contributed by atoms with Gasteiger partial charge in [-0.2, -0.15) is 0 Å². The molecule has 1 heterocycles. The Balaban J connectivity index is 1.53. The molecule has 2 aromatic carbocycles. The number of aryl methyl sites for hydroxylation is 2. The van der Waals surface area contributed by atoms with E-state index in [4.69, 9.17) is 4.74 Å². The summed E-state index contributed by atoms with van der Waals surface area (Å²) in [7, 11) is 1.51. The van der Waals surface area contributed by atoms with E-state index in [2.05, 4.69) is 10.6 Å². The summed E-state index contributed by atoms with van der Waals surface area (Å²) in [4.78, 5) is 39.1. The number of imide groups is 1. The molecule has 4 rings (SSSR count). The van der Waals surface area contributed by atoms with Gasteiger partial charge in [-0.1, -0.05) is 30.3 Å². The van der Waals surface area contributed by atoms with Crippen molar-refractivity contribution in [1.82, 2.24) is 10.2 Å². The maximum atomic E-state index is 13.1. The van der Waals surface area contributed by atoms with Crippen molar-refractivity contribution in [3.05, 3.63) is 59.2 Å². The molecule has 4 amide bonds. The molecule has 2 N–H and O–H groups in total. The molecule has 7 nitrogen and oxygen atoms in total. The van der Waals surface area contributed by atoms with Crippen LogP contribution in [0.5, 0.6) is 5.75 Å². The van der Waals surface area contributed by atoms with E-state index in [1.54, 1.807) is 12.1 Å². The molecule has 2 aliphatic rings. The third-order valence-electron chi connectivity index (χ3n) is 5.35. The van der Waals surface area contributed by atoms with Gasteiger partial charge in [0.1, 0.15) is 17.8 Å². The van der Waals surface area contributed by atoms with Gasteiger partial charge < -0.3 is 15.4 Å². The lowest BCUT2D eigenvalue weighted by Crippen LogP contribution is -2.43. The van der Waals surface area contributed by atoms with Crippen molar-refractivity contribution in [2.24, 2.45) is 0 Å². The summed E-state index contributed by atoms with van der Waals surface area (Å²) < 4.78 is 5.25. The van der Waals surface area contributed by atoms with E-state index < -0.39 is 17.5 Å². The molecule has 1 unspecified atom stereocenters. The van der Waals surface area contributed by atoms with Crippen molar-refractivity contribution in [1.29, 1.82) is 0 Å². The fourth-order valence-corrected chi connectivity index (χ4v) is 3.99. The molecule has 1 saturated heterocycles. The highest BCUT2D eigenvalue weighted by atomic mass is 16.5. The van der Waals surface area contributed by atoms with Crippen LogP contribution >= 0.6 is 0 Å². The van der Waals surface area contributed by atoms with E-state index in [9.17, 15) is 14.4 Å². The normalized spacial score (nSPS) is 20.3. The standard InChI is InChI=1S/C21H21N3O4/c1-13-7-8-17(28-2)16(11-13)22-18(25)12-24-19(26)21(23-20(24)27)10-9-14-5-3-4-6-15(14)21/h3-8,11H,9-10,12H2,1-2H3,(H,22,25)(H,23,27). The van der Waals surface area contributed by atoms with E-state index in [0.717, 1.165) is 21.6 Å². The zero-order valence-corrected chi connectivity index (χ0v) is 15.7. The maximum Gasteiger partial charge on any atom is 0.325 e. The van der Waals surface area contributed by atoms with Crippen LogP contribution in [0.2, 0.25) is 0 Å². The molecule has 144 valence electrons. The number of rotatable bonds is 4. The number of amides is 4. The zero-order valence-electron chi connectivity index (χ0n) is 15.7. The number of hydrogen-bond acceptors (Lipinski definition) is 4. The second-order valence-electron chi connectivity index (χ2n) is 7.14. The molecular formula is C21H21N3O4. The minimum absolute atomic E-state index is 0.355. The number of methoxy groups -OCH3 is 1. The fraction of sp³-hybridized carbons (Fsp3) is 0.286. The van der Waals surface area contributed by atoms with Gasteiger partial charge in [0.15, 0.2) is 0 Å². The number of urea groups is 1. The lowest BCUT2D eigenvalue weighted by Gasteiger charge is -2.22. The summed E-state index contributed by atoms with van der Waals surface area (Å²) in [6.07, 6.45) is 1.21. The summed E-state index contributed by atoms with van der Waals surface area (Å²) >= 11 is 0. The third-order valence-corrected chi connectivity index (χ3v) is 5.35. The van der Waals surface area contributed by atoms with Crippen molar-refractivity contribution in [2.75, 3.05) is 19.0 Å². The van der Waals surface area contributed by atoms with Crippen LogP contribution in [0.25, 0.3) is 0 Å². The minimum atomic E-state index is -1.06. The Bertz CT molecular complexity index is 987. The van der Waals surface area contributed by atoms with Gasteiger partial charge in [0.25, 0.3) is 5.91 Å². The van der Waals surface area contributed by atoms with Crippen LogP contribution < -0.4 is 15.4 Å². The van der Waals surface area contributed by atoms with Crippen LogP contribution in [-0.2, 0) is 21.5 Å². The number of anilines is 1. The zero-order chi connectivity index (χ0) is 19.9. The largest absolute Gasteiger partial charge is 0.495 e. The summed E-state index contributed by atoms with van der Waals surface area (Å²) in [5.74, 6) is -0.332. The van der Waals surface area contributed by atoms with Gasteiger partial charge in [-0.25, -0.2) is 4.79 Å². The van der Waals surface area contributed by atoms with Crippen molar-refractivity contribution in [2.45, 2.75) is 25.3 Å². The molecule has 1 atom stereocenters. The predicted molar refractivity (Wildman–Crippen MR) is 103 cm³/mol. The maximum absolute atomic E-state index is 13.1.